The normalized spacial score (nSPS) is 18.0. The van der Waals surface area contributed by atoms with Crippen LogP contribution in [0.4, 0.5) is 5.69 Å². The quantitative estimate of drug-likeness (QED) is 0.812. The van der Waals surface area contributed by atoms with Crippen molar-refractivity contribution in [3.8, 4) is 0 Å². The first-order valence-corrected chi connectivity index (χ1v) is 9.95. The first kappa shape index (κ1) is 19.6. The molecule has 0 radical (unpaired) electrons. The zero-order valence-electron chi connectivity index (χ0n) is 16.3. The van der Waals surface area contributed by atoms with Crippen molar-refractivity contribution in [3.63, 3.8) is 0 Å². The van der Waals surface area contributed by atoms with Crippen molar-refractivity contribution in [1.82, 2.24) is 4.90 Å². The van der Waals surface area contributed by atoms with Gasteiger partial charge < -0.3 is 10.4 Å². The monoisotopic (exact) mass is 366 g/mol. The van der Waals surface area contributed by atoms with Crippen LogP contribution in [0.5, 0.6) is 0 Å². The van der Waals surface area contributed by atoms with Gasteiger partial charge in [0, 0.05) is 5.69 Å². The second kappa shape index (κ2) is 9.16. The van der Waals surface area contributed by atoms with Gasteiger partial charge in [0.2, 0.25) is 5.91 Å². The number of amides is 1. The minimum atomic E-state index is -0.422. The van der Waals surface area contributed by atoms with Gasteiger partial charge in [-0.25, -0.2) is 0 Å². The van der Waals surface area contributed by atoms with Crippen molar-refractivity contribution < 1.29 is 9.90 Å². The molecule has 1 amide bonds. The van der Waals surface area contributed by atoms with Gasteiger partial charge in [-0.15, -0.1) is 0 Å². The van der Waals surface area contributed by atoms with Crippen LogP contribution in [-0.4, -0.2) is 35.0 Å². The summed E-state index contributed by atoms with van der Waals surface area (Å²) in [4.78, 5) is 14.8. The number of hydrogen-bond acceptors (Lipinski definition) is 3. The molecule has 1 aliphatic rings. The highest BCUT2D eigenvalue weighted by Gasteiger charge is 2.30. The van der Waals surface area contributed by atoms with E-state index >= 15 is 0 Å². The van der Waals surface area contributed by atoms with Crippen LogP contribution in [0, 0.1) is 5.92 Å². The van der Waals surface area contributed by atoms with Gasteiger partial charge in [0.1, 0.15) is 0 Å². The average molecular weight is 367 g/mol. The van der Waals surface area contributed by atoms with E-state index in [0.717, 1.165) is 43.6 Å². The van der Waals surface area contributed by atoms with E-state index in [2.05, 4.69) is 29.3 Å². The van der Waals surface area contributed by atoms with Crippen LogP contribution >= 0.6 is 0 Å². The van der Waals surface area contributed by atoms with Crippen LogP contribution in [0.1, 0.15) is 43.9 Å². The Bertz CT molecular complexity index is 722. The van der Waals surface area contributed by atoms with Gasteiger partial charge in [-0.3, -0.25) is 9.69 Å². The molecule has 1 heterocycles. The lowest BCUT2D eigenvalue weighted by Crippen LogP contribution is -2.46. The number of carbonyl (C=O) groups is 1. The number of piperidine rings is 1. The van der Waals surface area contributed by atoms with Crippen molar-refractivity contribution in [1.29, 1.82) is 0 Å². The number of hydrogen-bond donors (Lipinski definition) is 2. The molecule has 2 N–H and O–H groups in total. The second-order valence-corrected chi connectivity index (χ2v) is 7.44. The number of aliphatic hydroxyl groups excluding tert-OH is 1. The Morgan fingerprint density at radius 1 is 1.11 bits per heavy atom. The molecule has 27 heavy (non-hydrogen) atoms. The highest BCUT2D eigenvalue weighted by molar-refractivity contribution is 5.94. The Labute approximate surface area is 162 Å². The Morgan fingerprint density at radius 3 is 2.33 bits per heavy atom. The first-order valence-electron chi connectivity index (χ1n) is 9.95. The fraction of sp³-hybridized carbons (Fsp3) is 0.435. The summed E-state index contributed by atoms with van der Waals surface area (Å²) < 4.78 is 0. The molecule has 0 aliphatic carbocycles. The second-order valence-electron chi connectivity index (χ2n) is 7.44. The summed E-state index contributed by atoms with van der Waals surface area (Å²) in [5, 5.41) is 13.6. The van der Waals surface area contributed by atoms with Gasteiger partial charge in [0.05, 0.1) is 12.1 Å². The Morgan fingerprint density at radius 2 is 1.74 bits per heavy atom. The van der Waals surface area contributed by atoms with Gasteiger partial charge in [-0.05, 0) is 68.5 Å². The maximum atomic E-state index is 12.6. The molecule has 2 aromatic carbocycles. The predicted molar refractivity (Wildman–Crippen MR) is 110 cm³/mol. The van der Waals surface area contributed by atoms with E-state index in [1.54, 1.807) is 0 Å². The van der Waals surface area contributed by atoms with Crippen molar-refractivity contribution >= 4 is 11.6 Å². The van der Waals surface area contributed by atoms with Crippen molar-refractivity contribution in [2.45, 2.75) is 45.3 Å². The fourth-order valence-corrected chi connectivity index (χ4v) is 3.78. The lowest BCUT2D eigenvalue weighted by Gasteiger charge is -2.37. The van der Waals surface area contributed by atoms with Crippen LogP contribution in [0.15, 0.2) is 54.6 Å². The molecule has 2 unspecified atom stereocenters. The van der Waals surface area contributed by atoms with Gasteiger partial charge in [0.15, 0.2) is 0 Å². The first-order chi connectivity index (χ1) is 13.1. The number of likely N-dealkylation sites (tertiary alicyclic amines) is 1. The molecule has 1 saturated heterocycles. The number of aliphatic hydroxyl groups is 1. The van der Waals surface area contributed by atoms with E-state index in [0.29, 0.717) is 0 Å². The molecule has 0 bridgehead atoms. The van der Waals surface area contributed by atoms with Crippen LogP contribution in [-0.2, 0) is 11.2 Å². The number of aryl methyl sites for hydroxylation is 1. The topological polar surface area (TPSA) is 52.6 Å². The zero-order chi connectivity index (χ0) is 19.2. The molecule has 0 spiro atoms. The van der Waals surface area contributed by atoms with Crippen LogP contribution in [0.3, 0.4) is 0 Å². The minimum Gasteiger partial charge on any atom is -0.388 e. The summed E-state index contributed by atoms with van der Waals surface area (Å²) in [6.07, 6.45) is 2.38. The molecule has 144 valence electrons. The van der Waals surface area contributed by atoms with E-state index < -0.39 is 6.10 Å². The lowest BCUT2D eigenvalue weighted by molar-refractivity contribution is -0.121. The molecular weight excluding hydrogens is 336 g/mol. The van der Waals surface area contributed by atoms with E-state index in [9.17, 15) is 9.90 Å². The summed E-state index contributed by atoms with van der Waals surface area (Å²) in [5.74, 6) is 0.279. The summed E-state index contributed by atoms with van der Waals surface area (Å²) >= 11 is 0. The van der Waals surface area contributed by atoms with Crippen molar-refractivity contribution in [2.24, 2.45) is 5.92 Å². The van der Waals surface area contributed by atoms with Crippen molar-refractivity contribution in [2.75, 3.05) is 18.4 Å². The molecule has 0 saturated carbocycles. The molecule has 1 fully saturated rings. The maximum absolute atomic E-state index is 12.6. The number of nitrogens with one attached hydrogen (secondary N) is 1. The number of rotatable bonds is 6. The summed E-state index contributed by atoms with van der Waals surface area (Å²) in [6, 6.07) is 17.7. The van der Waals surface area contributed by atoms with Gasteiger partial charge >= 0.3 is 0 Å². The van der Waals surface area contributed by atoms with E-state index in [1.165, 1.54) is 5.56 Å². The molecular formula is C23H30N2O2. The number of carbonyl (C=O) groups excluding carboxylic acids is 1. The fourth-order valence-electron chi connectivity index (χ4n) is 3.78. The maximum Gasteiger partial charge on any atom is 0.241 e. The van der Waals surface area contributed by atoms with Crippen LogP contribution in [0.25, 0.3) is 0 Å². The Kier molecular flexibility index (Phi) is 6.64. The SMILES string of the molecule is CCc1ccc(NC(=O)C(C)N2CCC(C(O)c3ccccc3)CC2)cc1. The van der Waals surface area contributed by atoms with E-state index in [1.807, 2.05) is 49.4 Å². The lowest BCUT2D eigenvalue weighted by atomic mass is 9.87. The molecule has 2 atom stereocenters. The smallest absolute Gasteiger partial charge is 0.241 e. The number of benzene rings is 2. The summed E-state index contributed by atoms with van der Waals surface area (Å²) in [5.41, 5.74) is 3.09. The standard InChI is InChI=1S/C23H30N2O2/c1-3-18-9-11-21(12-10-18)24-23(27)17(2)25-15-13-20(14-16-25)22(26)19-7-5-4-6-8-19/h4-12,17,20,22,26H,3,13-16H2,1-2H3,(H,24,27). The number of anilines is 1. The van der Waals surface area contributed by atoms with Gasteiger partial charge in [-0.2, -0.15) is 0 Å². The largest absolute Gasteiger partial charge is 0.388 e. The summed E-state index contributed by atoms with van der Waals surface area (Å²) in [6.45, 7) is 5.74. The zero-order valence-corrected chi connectivity index (χ0v) is 16.3. The van der Waals surface area contributed by atoms with Gasteiger partial charge in [-0.1, -0.05) is 49.4 Å². The Balaban J connectivity index is 1.51. The molecule has 0 aromatic heterocycles. The van der Waals surface area contributed by atoms with Crippen molar-refractivity contribution in [3.05, 3.63) is 65.7 Å². The highest BCUT2D eigenvalue weighted by Crippen LogP contribution is 2.31. The Hall–Kier alpha value is -2.17. The molecule has 2 aromatic rings. The van der Waals surface area contributed by atoms with Gasteiger partial charge in [0.25, 0.3) is 0 Å². The average Bonchev–Trinajstić information content (AvgIpc) is 2.74. The third-order valence-electron chi connectivity index (χ3n) is 5.72. The highest BCUT2D eigenvalue weighted by atomic mass is 16.3. The van der Waals surface area contributed by atoms with Crippen LogP contribution in [0.2, 0.25) is 0 Å². The molecule has 4 nitrogen and oxygen atoms in total. The number of nitrogens with zero attached hydrogens (tertiary/aromatic N) is 1. The minimum absolute atomic E-state index is 0.0290. The predicted octanol–water partition coefficient (Wildman–Crippen LogP) is 4.02. The summed E-state index contributed by atoms with van der Waals surface area (Å²) in [7, 11) is 0. The third kappa shape index (κ3) is 4.96. The molecule has 1 aliphatic heterocycles. The van der Waals surface area contributed by atoms with E-state index in [4.69, 9.17) is 0 Å². The molecule has 4 heteroatoms. The van der Waals surface area contributed by atoms with Crippen LogP contribution < -0.4 is 5.32 Å². The molecule has 3 rings (SSSR count). The van der Waals surface area contributed by atoms with E-state index in [-0.39, 0.29) is 17.9 Å². The third-order valence-corrected chi connectivity index (χ3v) is 5.72.